The topological polar surface area (TPSA) is 92.2 Å². The van der Waals surface area contributed by atoms with Gasteiger partial charge in [-0.3, -0.25) is 4.72 Å². The molecule has 8 heteroatoms. The minimum absolute atomic E-state index is 0.0492. The van der Waals surface area contributed by atoms with Gasteiger partial charge in [-0.25, -0.2) is 8.42 Å². The molecule has 0 fully saturated rings. The van der Waals surface area contributed by atoms with E-state index in [-0.39, 0.29) is 16.6 Å². The Morgan fingerprint density at radius 2 is 2.00 bits per heavy atom. The number of hydrogen-bond donors (Lipinski definition) is 2. The van der Waals surface area contributed by atoms with Gasteiger partial charge in [0.2, 0.25) is 5.13 Å². The van der Waals surface area contributed by atoms with Gasteiger partial charge in [-0.1, -0.05) is 43.4 Å². The zero-order valence-corrected chi connectivity index (χ0v) is 13.4. The van der Waals surface area contributed by atoms with Crippen LogP contribution in [0.25, 0.3) is 0 Å². The van der Waals surface area contributed by atoms with Crippen LogP contribution in [0.5, 0.6) is 0 Å². The molecule has 1 aromatic heterocycles. The van der Waals surface area contributed by atoms with Gasteiger partial charge in [0.1, 0.15) is 5.01 Å². The van der Waals surface area contributed by atoms with Crippen molar-refractivity contribution in [1.82, 2.24) is 10.2 Å². The summed E-state index contributed by atoms with van der Waals surface area (Å²) in [5, 5.41) is 18.1. The quantitative estimate of drug-likeness (QED) is 0.847. The van der Waals surface area contributed by atoms with Crippen molar-refractivity contribution in [3.63, 3.8) is 0 Å². The van der Waals surface area contributed by atoms with Crippen LogP contribution in [0.2, 0.25) is 0 Å². The zero-order valence-electron chi connectivity index (χ0n) is 11.8. The fourth-order valence-corrected chi connectivity index (χ4v) is 4.21. The summed E-state index contributed by atoms with van der Waals surface area (Å²) in [5.41, 5.74) is 0.344. The Hall–Kier alpha value is -1.51. The van der Waals surface area contributed by atoms with Crippen molar-refractivity contribution in [1.29, 1.82) is 0 Å². The summed E-state index contributed by atoms with van der Waals surface area (Å²) in [6, 6.07) is 6.30. The molecule has 21 heavy (non-hydrogen) atoms. The van der Waals surface area contributed by atoms with E-state index in [1.165, 1.54) is 17.4 Å². The number of sulfonamides is 1. The van der Waals surface area contributed by atoms with Crippen LogP contribution in [0.15, 0.2) is 29.2 Å². The van der Waals surface area contributed by atoms with Gasteiger partial charge in [0.05, 0.1) is 11.5 Å². The highest BCUT2D eigenvalue weighted by molar-refractivity contribution is 7.93. The summed E-state index contributed by atoms with van der Waals surface area (Å²) < 4.78 is 27.1. The molecule has 0 aliphatic carbocycles. The largest absolute Gasteiger partial charge is 0.392 e. The number of aliphatic hydroxyl groups excluding tert-OH is 1. The van der Waals surface area contributed by atoms with Gasteiger partial charge in [0.15, 0.2) is 0 Å². The third-order valence-electron chi connectivity index (χ3n) is 2.70. The van der Waals surface area contributed by atoms with Gasteiger partial charge in [0.25, 0.3) is 10.0 Å². The maximum Gasteiger partial charge on any atom is 0.264 e. The van der Waals surface area contributed by atoms with Gasteiger partial charge in [-0.2, -0.15) is 0 Å². The fourth-order valence-electron chi connectivity index (χ4n) is 1.79. The second kappa shape index (κ2) is 6.50. The molecule has 0 unspecified atom stereocenters. The SMILES string of the molecule is CC(C)Cc1nnc(NS(=O)(=O)c2ccccc2CO)s1. The van der Waals surface area contributed by atoms with Crippen molar-refractivity contribution in [3.8, 4) is 0 Å². The molecule has 2 N–H and O–H groups in total. The molecule has 0 bridgehead atoms. The number of aliphatic hydroxyl groups is 1. The van der Waals surface area contributed by atoms with E-state index in [2.05, 4.69) is 28.8 Å². The molecular weight excluding hydrogens is 310 g/mol. The lowest BCUT2D eigenvalue weighted by atomic mass is 10.1. The molecule has 0 saturated carbocycles. The first-order valence-corrected chi connectivity index (χ1v) is 8.76. The molecule has 1 aromatic carbocycles. The minimum Gasteiger partial charge on any atom is -0.392 e. The number of hydrogen-bond acceptors (Lipinski definition) is 6. The maximum atomic E-state index is 12.3. The number of nitrogens with one attached hydrogen (secondary N) is 1. The molecule has 1 heterocycles. The fraction of sp³-hybridized carbons (Fsp3) is 0.385. The molecule has 0 spiro atoms. The van der Waals surface area contributed by atoms with Crippen LogP contribution >= 0.6 is 11.3 Å². The van der Waals surface area contributed by atoms with Crippen LogP contribution in [0.1, 0.15) is 24.4 Å². The lowest BCUT2D eigenvalue weighted by Gasteiger charge is -2.08. The highest BCUT2D eigenvalue weighted by Gasteiger charge is 2.20. The Morgan fingerprint density at radius 1 is 1.29 bits per heavy atom. The van der Waals surface area contributed by atoms with E-state index in [1.807, 2.05) is 0 Å². The van der Waals surface area contributed by atoms with Gasteiger partial charge in [-0.15, -0.1) is 10.2 Å². The van der Waals surface area contributed by atoms with E-state index in [0.717, 1.165) is 11.4 Å². The van der Waals surface area contributed by atoms with E-state index >= 15 is 0 Å². The summed E-state index contributed by atoms with van der Waals surface area (Å²) in [6.07, 6.45) is 0.757. The maximum absolute atomic E-state index is 12.3. The van der Waals surface area contributed by atoms with Crippen molar-refractivity contribution in [3.05, 3.63) is 34.8 Å². The van der Waals surface area contributed by atoms with E-state index in [4.69, 9.17) is 0 Å². The second-order valence-electron chi connectivity index (χ2n) is 4.97. The first-order chi connectivity index (χ1) is 9.92. The van der Waals surface area contributed by atoms with E-state index in [0.29, 0.717) is 11.5 Å². The molecule has 6 nitrogen and oxygen atoms in total. The van der Waals surface area contributed by atoms with Crippen molar-refractivity contribution >= 4 is 26.5 Å². The van der Waals surface area contributed by atoms with Crippen molar-refractivity contribution < 1.29 is 13.5 Å². The van der Waals surface area contributed by atoms with E-state index in [1.54, 1.807) is 18.2 Å². The Labute approximate surface area is 127 Å². The molecule has 0 aliphatic heterocycles. The number of nitrogens with zero attached hydrogens (tertiary/aromatic N) is 2. The zero-order chi connectivity index (χ0) is 15.5. The molecule has 0 amide bonds. The highest BCUT2D eigenvalue weighted by Crippen LogP contribution is 2.23. The van der Waals surface area contributed by atoms with Gasteiger partial charge in [0, 0.05) is 6.42 Å². The molecular formula is C13H17N3O3S2. The Morgan fingerprint density at radius 3 is 2.67 bits per heavy atom. The summed E-state index contributed by atoms with van der Waals surface area (Å²) >= 11 is 1.22. The number of benzene rings is 1. The Bertz CT molecular complexity index is 711. The molecule has 0 aliphatic rings. The third kappa shape index (κ3) is 3.99. The average Bonchev–Trinajstić information content (AvgIpc) is 2.84. The van der Waals surface area contributed by atoms with Crippen LogP contribution in [0, 0.1) is 5.92 Å². The molecule has 0 saturated heterocycles. The van der Waals surface area contributed by atoms with Gasteiger partial charge >= 0.3 is 0 Å². The predicted molar refractivity (Wildman–Crippen MR) is 81.6 cm³/mol. The number of anilines is 1. The minimum atomic E-state index is -3.77. The summed E-state index contributed by atoms with van der Waals surface area (Å²) in [5.74, 6) is 0.428. The van der Waals surface area contributed by atoms with Crippen LogP contribution in [-0.2, 0) is 23.1 Å². The van der Waals surface area contributed by atoms with Crippen LogP contribution < -0.4 is 4.72 Å². The van der Waals surface area contributed by atoms with E-state index < -0.39 is 10.0 Å². The summed E-state index contributed by atoms with van der Waals surface area (Å²) in [6.45, 7) is 3.78. The lowest BCUT2D eigenvalue weighted by molar-refractivity contribution is 0.278. The highest BCUT2D eigenvalue weighted by atomic mass is 32.2. The number of aromatic nitrogens is 2. The van der Waals surface area contributed by atoms with Gasteiger partial charge in [-0.05, 0) is 17.5 Å². The summed E-state index contributed by atoms with van der Waals surface area (Å²) in [7, 11) is -3.77. The molecule has 2 rings (SSSR count). The molecule has 0 atom stereocenters. The Kier molecular flexibility index (Phi) is 4.92. The molecule has 0 radical (unpaired) electrons. The average molecular weight is 327 g/mol. The van der Waals surface area contributed by atoms with Crippen molar-refractivity contribution in [2.45, 2.75) is 31.8 Å². The lowest BCUT2D eigenvalue weighted by Crippen LogP contribution is -2.14. The van der Waals surface area contributed by atoms with Crippen molar-refractivity contribution in [2.75, 3.05) is 4.72 Å². The Balaban J connectivity index is 2.23. The summed E-state index contributed by atoms with van der Waals surface area (Å²) in [4.78, 5) is 0.0492. The first-order valence-electron chi connectivity index (χ1n) is 6.46. The predicted octanol–water partition coefficient (Wildman–Crippen LogP) is 2.03. The molecule has 2 aromatic rings. The van der Waals surface area contributed by atoms with E-state index in [9.17, 15) is 13.5 Å². The number of rotatable bonds is 6. The van der Waals surface area contributed by atoms with Crippen molar-refractivity contribution in [2.24, 2.45) is 5.92 Å². The van der Waals surface area contributed by atoms with Crippen LogP contribution in [0.3, 0.4) is 0 Å². The smallest absolute Gasteiger partial charge is 0.264 e. The van der Waals surface area contributed by atoms with Crippen LogP contribution in [-0.4, -0.2) is 23.7 Å². The van der Waals surface area contributed by atoms with Gasteiger partial charge < -0.3 is 5.11 Å². The monoisotopic (exact) mass is 327 g/mol. The normalized spacial score (nSPS) is 11.8. The van der Waals surface area contributed by atoms with Crippen LogP contribution in [0.4, 0.5) is 5.13 Å². The second-order valence-corrected chi connectivity index (χ2v) is 7.68. The standard InChI is InChI=1S/C13H17N3O3S2/c1-9(2)7-12-14-15-13(20-12)16-21(18,19)11-6-4-3-5-10(11)8-17/h3-6,9,17H,7-8H2,1-2H3,(H,15,16). The molecule has 114 valence electrons. The third-order valence-corrected chi connectivity index (χ3v) is 5.13. The first kappa shape index (κ1) is 15.9.